The first-order valence-corrected chi connectivity index (χ1v) is 11.2. The number of hydrogen-bond donors (Lipinski definition) is 0. The van der Waals surface area contributed by atoms with E-state index in [1.165, 1.54) is 37.4 Å². The number of anilines is 3. The van der Waals surface area contributed by atoms with E-state index in [1.807, 2.05) is 11.3 Å². The second kappa shape index (κ2) is 6.13. The van der Waals surface area contributed by atoms with Crippen LogP contribution in [0, 0.1) is 0 Å². The maximum Gasteiger partial charge on any atom is 0.243 e. The van der Waals surface area contributed by atoms with Gasteiger partial charge < -0.3 is 9.64 Å². The van der Waals surface area contributed by atoms with Crippen LogP contribution in [-0.2, 0) is 0 Å². The van der Waals surface area contributed by atoms with Crippen molar-refractivity contribution in [3.63, 3.8) is 0 Å². The zero-order valence-electron chi connectivity index (χ0n) is 16.2. The highest BCUT2D eigenvalue weighted by atomic mass is 32.1. The van der Waals surface area contributed by atoms with Gasteiger partial charge in [-0.3, -0.25) is 0 Å². The molecule has 0 N–H and O–H groups in total. The Bertz CT molecular complexity index is 1360. The molecule has 0 fully saturated rings. The number of benzene rings is 3. The number of rotatable bonds is 1. The lowest BCUT2D eigenvalue weighted by Gasteiger charge is -2.43. The molecule has 2 nitrogen and oxygen atoms in total. The number of thiophene rings is 1. The molecule has 3 aromatic carbocycles. The van der Waals surface area contributed by atoms with Crippen LogP contribution in [0.5, 0.6) is 5.75 Å². The van der Waals surface area contributed by atoms with Crippen LogP contribution in [0.15, 0.2) is 97.1 Å². The molecule has 30 heavy (non-hydrogen) atoms. The number of allylic oxidation sites excluding steroid dienone is 2. The molecule has 2 unspecified atom stereocenters. The van der Waals surface area contributed by atoms with E-state index >= 15 is 0 Å². The summed E-state index contributed by atoms with van der Waals surface area (Å²) in [6, 6.07) is 26.0. The molecule has 142 valence electrons. The van der Waals surface area contributed by atoms with Crippen LogP contribution in [0.1, 0.15) is 0 Å². The van der Waals surface area contributed by atoms with Gasteiger partial charge >= 0.3 is 0 Å². The van der Waals surface area contributed by atoms with Crippen molar-refractivity contribution in [1.82, 2.24) is 0 Å². The standard InChI is InChI=1S/C26H18BNOS/c1-2-9-17(10-3-1)28-20-13-8-15-22-24(20)27(19-12-5-6-14-21(19)29-22)26-25(28)18-11-4-7-16-23(18)30-26/h1-16,19,21H. The van der Waals surface area contributed by atoms with Gasteiger partial charge in [-0.1, -0.05) is 60.7 Å². The molecule has 1 aliphatic carbocycles. The first-order valence-electron chi connectivity index (χ1n) is 10.4. The van der Waals surface area contributed by atoms with Gasteiger partial charge in [0.25, 0.3) is 0 Å². The Morgan fingerprint density at radius 2 is 1.67 bits per heavy atom. The van der Waals surface area contributed by atoms with E-state index in [-0.39, 0.29) is 6.10 Å². The number of fused-ring (bicyclic) bond motifs is 6. The maximum atomic E-state index is 6.50. The van der Waals surface area contributed by atoms with E-state index in [0.717, 1.165) is 5.75 Å². The van der Waals surface area contributed by atoms with Gasteiger partial charge in [0.05, 0.1) is 5.69 Å². The molecule has 0 spiro atoms. The highest BCUT2D eigenvalue weighted by molar-refractivity contribution is 7.32. The van der Waals surface area contributed by atoms with E-state index in [0.29, 0.717) is 12.5 Å². The summed E-state index contributed by atoms with van der Waals surface area (Å²) in [7, 11) is 0. The van der Waals surface area contributed by atoms with Crippen molar-refractivity contribution < 1.29 is 4.74 Å². The fourth-order valence-corrected chi connectivity index (χ4v) is 6.63. The van der Waals surface area contributed by atoms with Gasteiger partial charge in [-0.25, -0.2) is 0 Å². The topological polar surface area (TPSA) is 12.5 Å². The second-order valence-corrected chi connectivity index (χ2v) is 9.16. The average Bonchev–Trinajstić information content (AvgIpc) is 3.19. The van der Waals surface area contributed by atoms with Crippen LogP contribution >= 0.6 is 11.3 Å². The minimum atomic E-state index is 0.0871. The molecule has 0 radical (unpaired) electrons. The summed E-state index contributed by atoms with van der Waals surface area (Å²) >= 11 is 1.94. The fourth-order valence-electron chi connectivity index (χ4n) is 5.27. The monoisotopic (exact) mass is 403 g/mol. The molecule has 0 saturated heterocycles. The smallest absolute Gasteiger partial charge is 0.243 e. The molecule has 3 aliphatic rings. The van der Waals surface area contributed by atoms with Crippen LogP contribution in [0.3, 0.4) is 0 Å². The van der Waals surface area contributed by atoms with E-state index in [4.69, 9.17) is 4.74 Å². The van der Waals surface area contributed by atoms with Gasteiger partial charge in [0.1, 0.15) is 11.9 Å². The average molecular weight is 403 g/mol. The molecule has 0 bridgehead atoms. The third-order valence-corrected chi connectivity index (χ3v) is 7.73. The minimum Gasteiger partial charge on any atom is -0.487 e. The molecule has 1 aromatic heterocycles. The summed E-state index contributed by atoms with van der Waals surface area (Å²) in [4.78, 5) is 2.44. The predicted octanol–water partition coefficient (Wildman–Crippen LogP) is 5.55. The molecule has 3 heterocycles. The van der Waals surface area contributed by atoms with Crippen molar-refractivity contribution in [2.45, 2.75) is 11.9 Å². The first kappa shape index (κ1) is 16.6. The van der Waals surface area contributed by atoms with Crippen LogP contribution in [-0.4, -0.2) is 12.8 Å². The zero-order valence-corrected chi connectivity index (χ0v) is 17.0. The lowest BCUT2D eigenvalue weighted by Crippen LogP contribution is -2.57. The fraction of sp³-hybridized carbons (Fsp3) is 0.0769. The Balaban J connectivity index is 1.60. The first-order chi connectivity index (χ1) is 14.9. The maximum absolute atomic E-state index is 6.50. The van der Waals surface area contributed by atoms with E-state index in [2.05, 4.69) is 102 Å². The normalized spacial score (nSPS) is 20.5. The number of para-hydroxylation sites is 1. The van der Waals surface area contributed by atoms with Gasteiger partial charge in [-0.15, -0.1) is 11.3 Å². The summed E-state index contributed by atoms with van der Waals surface area (Å²) in [6.07, 6.45) is 8.91. The zero-order chi connectivity index (χ0) is 19.7. The van der Waals surface area contributed by atoms with Crippen molar-refractivity contribution in [3.05, 3.63) is 97.1 Å². The van der Waals surface area contributed by atoms with Crippen molar-refractivity contribution >= 4 is 55.4 Å². The van der Waals surface area contributed by atoms with Crippen molar-refractivity contribution in [1.29, 1.82) is 0 Å². The molecule has 7 rings (SSSR count). The summed E-state index contributed by atoms with van der Waals surface area (Å²) < 4.78 is 9.28. The van der Waals surface area contributed by atoms with Crippen molar-refractivity contribution in [2.75, 3.05) is 4.90 Å². The van der Waals surface area contributed by atoms with Crippen LogP contribution in [0.25, 0.3) is 10.1 Å². The summed E-state index contributed by atoms with van der Waals surface area (Å²) in [5, 5.41) is 1.33. The quantitative estimate of drug-likeness (QED) is 0.387. The van der Waals surface area contributed by atoms with Crippen molar-refractivity contribution in [2.24, 2.45) is 0 Å². The van der Waals surface area contributed by atoms with E-state index in [1.54, 1.807) is 0 Å². The molecule has 4 heteroatoms. The largest absolute Gasteiger partial charge is 0.487 e. The van der Waals surface area contributed by atoms with Crippen LogP contribution in [0.4, 0.5) is 17.1 Å². The highest BCUT2D eigenvalue weighted by Gasteiger charge is 2.48. The third kappa shape index (κ3) is 2.14. The molecular weight excluding hydrogens is 385 g/mol. The van der Waals surface area contributed by atoms with Crippen LogP contribution < -0.4 is 19.9 Å². The van der Waals surface area contributed by atoms with Crippen molar-refractivity contribution in [3.8, 4) is 5.75 Å². The predicted molar refractivity (Wildman–Crippen MR) is 128 cm³/mol. The summed E-state index contributed by atoms with van der Waals surface area (Å²) in [5.74, 6) is 1.33. The Morgan fingerprint density at radius 1 is 0.833 bits per heavy atom. The van der Waals surface area contributed by atoms with Gasteiger partial charge in [0.15, 0.2) is 0 Å². The molecule has 0 saturated carbocycles. The minimum absolute atomic E-state index is 0.0871. The molecule has 2 aliphatic heterocycles. The lowest BCUT2D eigenvalue weighted by atomic mass is 9.32. The highest BCUT2D eigenvalue weighted by Crippen LogP contribution is 2.47. The number of hydrogen-bond acceptors (Lipinski definition) is 3. The Morgan fingerprint density at radius 3 is 2.60 bits per heavy atom. The lowest BCUT2D eigenvalue weighted by molar-refractivity contribution is 0.247. The Hall–Kier alpha value is -3.24. The number of nitrogens with zero attached hydrogens (tertiary/aromatic N) is 1. The summed E-state index contributed by atoms with van der Waals surface area (Å²) in [5.41, 5.74) is 5.08. The SMILES string of the molecule is C1=CC2Oc3cccc4c3B(c3sc5ccccc5c3N4c3ccccc3)C2C=C1. The van der Waals surface area contributed by atoms with Crippen LogP contribution in [0.2, 0.25) is 5.82 Å². The molecular formula is C26H18BNOS. The van der Waals surface area contributed by atoms with Gasteiger partial charge in [0, 0.05) is 32.1 Å². The second-order valence-electron chi connectivity index (χ2n) is 8.08. The van der Waals surface area contributed by atoms with E-state index in [9.17, 15) is 0 Å². The molecule has 2 atom stereocenters. The van der Waals surface area contributed by atoms with Gasteiger partial charge in [-0.05, 0) is 41.9 Å². The Kier molecular flexibility index (Phi) is 3.38. The Labute approximate surface area is 179 Å². The van der Waals surface area contributed by atoms with E-state index < -0.39 is 0 Å². The third-order valence-electron chi connectivity index (χ3n) is 6.48. The van der Waals surface area contributed by atoms with Gasteiger partial charge in [0.2, 0.25) is 6.71 Å². The molecule has 0 amide bonds. The summed E-state index contributed by atoms with van der Waals surface area (Å²) in [6.45, 7) is 0.309. The van der Waals surface area contributed by atoms with Gasteiger partial charge in [-0.2, -0.15) is 0 Å². The number of ether oxygens (including phenoxy) is 1. The molecule has 4 aromatic rings.